The molecule has 7 heteroatoms. The van der Waals surface area contributed by atoms with Gasteiger partial charge in [0.2, 0.25) is 0 Å². The van der Waals surface area contributed by atoms with Gasteiger partial charge in [0.15, 0.2) is 5.69 Å². The highest BCUT2D eigenvalue weighted by atomic mass is 32.1. The van der Waals surface area contributed by atoms with Gasteiger partial charge in [-0.2, -0.15) is 0 Å². The van der Waals surface area contributed by atoms with Crippen molar-refractivity contribution in [2.24, 2.45) is 5.92 Å². The number of amides is 2. The maximum atomic E-state index is 12.2. The van der Waals surface area contributed by atoms with Gasteiger partial charge in [0.05, 0.1) is 6.04 Å². The zero-order valence-corrected chi connectivity index (χ0v) is 13.9. The first-order valence-corrected chi connectivity index (χ1v) is 7.82. The molecular weight excluding hydrogens is 290 g/mol. The molecule has 2 unspecified atom stereocenters. The van der Waals surface area contributed by atoms with Crippen molar-refractivity contribution in [3.05, 3.63) is 16.1 Å². The number of carbonyl (C=O) groups is 2. The number of aromatic carboxylic acids is 1. The number of hydrogen-bond donors (Lipinski definition) is 2. The van der Waals surface area contributed by atoms with Crippen LogP contribution in [0.3, 0.4) is 0 Å². The van der Waals surface area contributed by atoms with Crippen LogP contribution < -0.4 is 5.32 Å². The fourth-order valence-corrected chi connectivity index (χ4v) is 2.77. The summed E-state index contributed by atoms with van der Waals surface area (Å²) in [4.78, 5) is 28.6. The lowest BCUT2D eigenvalue weighted by Gasteiger charge is -2.27. The zero-order chi connectivity index (χ0) is 16.2. The summed E-state index contributed by atoms with van der Waals surface area (Å²) in [7, 11) is 1.76. The monoisotopic (exact) mass is 313 g/mol. The van der Waals surface area contributed by atoms with Crippen LogP contribution in [0.5, 0.6) is 0 Å². The summed E-state index contributed by atoms with van der Waals surface area (Å²) in [6.07, 6.45) is 0.929. The molecule has 2 amide bonds. The summed E-state index contributed by atoms with van der Waals surface area (Å²) in [5.41, 5.74) is 0.0117. The molecule has 0 aliphatic heterocycles. The van der Waals surface area contributed by atoms with Crippen LogP contribution >= 0.6 is 11.3 Å². The van der Waals surface area contributed by atoms with Gasteiger partial charge in [-0.25, -0.2) is 14.6 Å². The van der Waals surface area contributed by atoms with Gasteiger partial charge in [0, 0.05) is 18.5 Å². The average Bonchev–Trinajstić information content (AvgIpc) is 2.86. The number of urea groups is 1. The van der Waals surface area contributed by atoms with Crippen LogP contribution in [0.15, 0.2) is 5.38 Å². The third kappa shape index (κ3) is 5.00. The summed E-state index contributed by atoms with van der Waals surface area (Å²) in [6, 6.07) is -0.352. The Balaban J connectivity index is 2.62. The van der Waals surface area contributed by atoms with Crippen molar-refractivity contribution in [1.29, 1.82) is 0 Å². The summed E-state index contributed by atoms with van der Waals surface area (Å²) in [5.74, 6) is -0.538. The Morgan fingerprint density at radius 1 is 1.38 bits per heavy atom. The molecule has 1 aromatic rings. The summed E-state index contributed by atoms with van der Waals surface area (Å²) < 4.78 is 0. The van der Waals surface area contributed by atoms with E-state index in [1.54, 1.807) is 18.9 Å². The Morgan fingerprint density at radius 3 is 2.48 bits per heavy atom. The molecule has 2 atom stereocenters. The van der Waals surface area contributed by atoms with Crippen LogP contribution in [0, 0.1) is 5.92 Å². The van der Waals surface area contributed by atoms with Crippen LogP contribution in [-0.4, -0.2) is 40.1 Å². The number of nitrogens with zero attached hydrogens (tertiary/aromatic N) is 2. The van der Waals surface area contributed by atoms with E-state index in [0.29, 0.717) is 10.9 Å². The SMILES string of the molecule is CC(C)CC(C)N(C)C(=O)NC(C)c1nc(C(=O)O)cs1. The van der Waals surface area contributed by atoms with Crippen LogP contribution in [0.25, 0.3) is 0 Å². The third-order valence-corrected chi connectivity index (χ3v) is 4.27. The Hall–Kier alpha value is -1.63. The van der Waals surface area contributed by atoms with Crippen molar-refractivity contribution in [1.82, 2.24) is 15.2 Å². The number of rotatable bonds is 6. The maximum absolute atomic E-state index is 12.2. The molecule has 118 valence electrons. The van der Waals surface area contributed by atoms with Gasteiger partial charge in [0.25, 0.3) is 0 Å². The minimum Gasteiger partial charge on any atom is -0.476 e. The number of carboxylic acids is 1. The van der Waals surface area contributed by atoms with E-state index >= 15 is 0 Å². The van der Waals surface area contributed by atoms with Crippen molar-refractivity contribution in [3.8, 4) is 0 Å². The normalized spacial score (nSPS) is 13.8. The van der Waals surface area contributed by atoms with Gasteiger partial charge in [0.1, 0.15) is 5.01 Å². The van der Waals surface area contributed by atoms with Gasteiger partial charge in [-0.05, 0) is 26.2 Å². The maximum Gasteiger partial charge on any atom is 0.355 e. The Labute approximate surface area is 129 Å². The number of thiazole rings is 1. The largest absolute Gasteiger partial charge is 0.476 e. The van der Waals surface area contributed by atoms with E-state index in [1.807, 2.05) is 6.92 Å². The Kier molecular flexibility index (Phi) is 6.14. The standard InChI is InChI=1S/C14H23N3O3S/c1-8(2)6-9(3)17(5)14(20)15-10(4)12-16-11(7-21-12)13(18)19/h7-10H,6H2,1-5H3,(H,15,20)(H,18,19). The van der Waals surface area contributed by atoms with Crippen molar-refractivity contribution >= 4 is 23.3 Å². The van der Waals surface area contributed by atoms with Crippen LogP contribution in [-0.2, 0) is 0 Å². The van der Waals surface area contributed by atoms with E-state index in [9.17, 15) is 9.59 Å². The molecule has 0 fully saturated rings. The van der Waals surface area contributed by atoms with Crippen LogP contribution in [0.4, 0.5) is 4.79 Å². The number of nitrogens with one attached hydrogen (secondary N) is 1. The van der Waals surface area contributed by atoms with Crippen molar-refractivity contribution in [3.63, 3.8) is 0 Å². The third-order valence-electron chi connectivity index (χ3n) is 3.25. The fourth-order valence-electron chi connectivity index (χ4n) is 1.97. The predicted molar refractivity (Wildman–Crippen MR) is 82.7 cm³/mol. The topological polar surface area (TPSA) is 82.5 Å². The molecule has 0 spiro atoms. The van der Waals surface area contributed by atoms with Gasteiger partial charge in [-0.1, -0.05) is 13.8 Å². The molecule has 2 N–H and O–H groups in total. The molecule has 1 heterocycles. The fraction of sp³-hybridized carbons (Fsp3) is 0.643. The summed E-state index contributed by atoms with van der Waals surface area (Å²) in [5, 5.41) is 13.8. The van der Waals surface area contributed by atoms with Crippen molar-refractivity contribution < 1.29 is 14.7 Å². The predicted octanol–water partition coefficient (Wildman–Crippen LogP) is 2.98. The lowest BCUT2D eigenvalue weighted by molar-refractivity contribution is 0.0691. The zero-order valence-electron chi connectivity index (χ0n) is 13.1. The molecule has 1 rings (SSSR count). The van der Waals surface area contributed by atoms with E-state index in [4.69, 9.17) is 5.11 Å². The van der Waals surface area contributed by atoms with Crippen LogP contribution in [0.2, 0.25) is 0 Å². The van der Waals surface area contributed by atoms with Gasteiger partial charge < -0.3 is 15.3 Å². The van der Waals surface area contributed by atoms with Crippen molar-refractivity contribution in [2.75, 3.05) is 7.05 Å². The minimum atomic E-state index is -1.06. The quantitative estimate of drug-likeness (QED) is 0.846. The van der Waals surface area contributed by atoms with E-state index in [1.165, 1.54) is 16.7 Å². The number of aromatic nitrogens is 1. The molecule has 0 saturated carbocycles. The molecule has 0 aliphatic rings. The number of hydrogen-bond acceptors (Lipinski definition) is 4. The highest BCUT2D eigenvalue weighted by Gasteiger charge is 2.20. The summed E-state index contributed by atoms with van der Waals surface area (Å²) >= 11 is 1.23. The first-order valence-electron chi connectivity index (χ1n) is 6.94. The second-order valence-corrected chi connectivity index (χ2v) is 6.53. The second-order valence-electron chi connectivity index (χ2n) is 5.64. The number of carbonyl (C=O) groups excluding carboxylic acids is 1. The summed E-state index contributed by atoms with van der Waals surface area (Å²) in [6.45, 7) is 8.04. The first kappa shape index (κ1) is 17.4. The number of carboxylic acid groups (broad SMARTS) is 1. The lowest BCUT2D eigenvalue weighted by Crippen LogP contribution is -2.43. The minimum absolute atomic E-state index is 0.0117. The molecule has 6 nitrogen and oxygen atoms in total. The van der Waals surface area contributed by atoms with E-state index in [0.717, 1.165) is 6.42 Å². The Morgan fingerprint density at radius 2 is 2.00 bits per heavy atom. The first-order chi connectivity index (χ1) is 9.72. The van der Waals surface area contributed by atoms with Gasteiger partial charge >= 0.3 is 12.0 Å². The molecule has 0 aliphatic carbocycles. The van der Waals surface area contributed by atoms with Gasteiger partial charge in [-0.3, -0.25) is 0 Å². The highest BCUT2D eigenvalue weighted by Crippen LogP contribution is 2.18. The van der Waals surface area contributed by atoms with Crippen LogP contribution in [0.1, 0.15) is 55.7 Å². The van der Waals surface area contributed by atoms with E-state index in [2.05, 4.69) is 24.1 Å². The van der Waals surface area contributed by atoms with Gasteiger partial charge in [-0.15, -0.1) is 11.3 Å². The molecule has 1 aromatic heterocycles. The molecule has 21 heavy (non-hydrogen) atoms. The molecular formula is C14H23N3O3S. The molecule has 0 aromatic carbocycles. The highest BCUT2D eigenvalue weighted by molar-refractivity contribution is 7.09. The molecule has 0 saturated heterocycles. The smallest absolute Gasteiger partial charge is 0.355 e. The Bertz CT molecular complexity index is 501. The molecule has 0 bridgehead atoms. The lowest BCUT2D eigenvalue weighted by atomic mass is 10.0. The molecule has 0 radical (unpaired) electrons. The second kappa shape index (κ2) is 7.40. The van der Waals surface area contributed by atoms with Crippen molar-refractivity contribution in [2.45, 2.75) is 46.2 Å². The average molecular weight is 313 g/mol. The van der Waals surface area contributed by atoms with E-state index < -0.39 is 5.97 Å². The van der Waals surface area contributed by atoms with E-state index in [-0.39, 0.29) is 23.8 Å².